The number of rotatable bonds is 3. The Hall–Kier alpha value is -1.89. The summed E-state index contributed by atoms with van der Waals surface area (Å²) in [5.74, 6) is 0.235. The Morgan fingerprint density at radius 1 is 1.05 bits per heavy atom. The van der Waals surface area contributed by atoms with E-state index >= 15 is 0 Å². The van der Waals surface area contributed by atoms with Crippen molar-refractivity contribution in [3.05, 3.63) is 70.3 Å². The standard InChI is InChI=1S/C18H18O/c1-13-10-15-8-5-9-16(15)12-17(13)18(19)11-14-6-3-2-4-7-14/h2-4,6-7,10,12H,5,8-9,11H2,1H3. The van der Waals surface area contributed by atoms with Crippen molar-refractivity contribution in [3.8, 4) is 0 Å². The lowest BCUT2D eigenvalue weighted by Gasteiger charge is -2.09. The molecule has 0 bridgehead atoms. The minimum atomic E-state index is 0.235. The van der Waals surface area contributed by atoms with Gasteiger partial charge in [0.25, 0.3) is 0 Å². The summed E-state index contributed by atoms with van der Waals surface area (Å²) in [6.07, 6.45) is 4.02. The second-order valence-electron chi connectivity index (χ2n) is 5.37. The fourth-order valence-electron chi connectivity index (χ4n) is 2.92. The van der Waals surface area contributed by atoms with Gasteiger partial charge in [0.05, 0.1) is 0 Å². The quantitative estimate of drug-likeness (QED) is 0.755. The van der Waals surface area contributed by atoms with E-state index in [2.05, 4.69) is 19.1 Å². The SMILES string of the molecule is Cc1cc2c(cc1C(=O)Cc1ccccc1)CCC2. The Morgan fingerprint density at radius 2 is 1.74 bits per heavy atom. The van der Waals surface area contributed by atoms with E-state index in [1.807, 2.05) is 30.3 Å². The van der Waals surface area contributed by atoms with E-state index in [1.165, 1.54) is 24.0 Å². The lowest BCUT2D eigenvalue weighted by molar-refractivity contribution is 0.0992. The highest BCUT2D eigenvalue weighted by Gasteiger charge is 2.16. The number of benzene rings is 2. The largest absolute Gasteiger partial charge is 0.294 e. The molecule has 96 valence electrons. The maximum absolute atomic E-state index is 12.4. The molecule has 2 aromatic rings. The van der Waals surface area contributed by atoms with Gasteiger partial charge in [0.1, 0.15) is 0 Å². The van der Waals surface area contributed by atoms with Crippen molar-refractivity contribution in [1.29, 1.82) is 0 Å². The van der Waals surface area contributed by atoms with Crippen LogP contribution in [0.4, 0.5) is 0 Å². The zero-order chi connectivity index (χ0) is 13.2. The first-order valence-corrected chi connectivity index (χ1v) is 6.93. The number of carbonyl (C=O) groups is 1. The lowest BCUT2D eigenvalue weighted by Crippen LogP contribution is -2.06. The van der Waals surface area contributed by atoms with Crippen LogP contribution in [0.5, 0.6) is 0 Å². The van der Waals surface area contributed by atoms with Crippen LogP contribution in [0, 0.1) is 6.92 Å². The van der Waals surface area contributed by atoms with E-state index in [1.54, 1.807) is 0 Å². The van der Waals surface area contributed by atoms with Gasteiger partial charge in [-0.2, -0.15) is 0 Å². The average Bonchev–Trinajstić information content (AvgIpc) is 2.86. The van der Waals surface area contributed by atoms with Crippen LogP contribution in [-0.2, 0) is 19.3 Å². The molecule has 0 saturated carbocycles. The fraction of sp³-hybridized carbons (Fsp3) is 0.278. The number of hydrogen-bond acceptors (Lipinski definition) is 1. The van der Waals surface area contributed by atoms with Gasteiger partial charge in [-0.3, -0.25) is 4.79 Å². The van der Waals surface area contributed by atoms with Crippen molar-refractivity contribution < 1.29 is 4.79 Å². The van der Waals surface area contributed by atoms with E-state index in [9.17, 15) is 4.79 Å². The van der Waals surface area contributed by atoms with Gasteiger partial charge in [-0.25, -0.2) is 0 Å². The monoisotopic (exact) mass is 250 g/mol. The molecule has 2 aromatic carbocycles. The van der Waals surface area contributed by atoms with Gasteiger partial charge in [-0.1, -0.05) is 36.4 Å². The van der Waals surface area contributed by atoms with Gasteiger partial charge in [0, 0.05) is 12.0 Å². The van der Waals surface area contributed by atoms with Crippen molar-refractivity contribution in [2.75, 3.05) is 0 Å². The summed E-state index contributed by atoms with van der Waals surface area (Å²) in [5.41, 5.74) is 5.94. The molecule has 19 heavy (non-hydrogen) atoms. The first-order chi connectivity index (χ1) is 9.24. The average molecular weight is 250 g/mol. The van der Waals surface area contributed by atoms with E-state index in [4.69, 9.17) is 0 Å². The zero-order valence-corrected chi connectivity index (χ0v) is 11.3. The lowest BCUT2D eigenvalue weighted by atomic mass is 9.95. The molecule has 0 unspecified atom stereocenters. The molecule has 0 aromatic heterocycles. The second kappa shape index (κ2) is 5.00. The third-order valence-electron chi connectivity index (χ3n) is 3.95. The summed E-state index contributed by atoms with van der Waals surface area (Å²) < 4.78 is 0. The molecule has 3 rings (SSSR count). The highest BCUT2D eigenvalue weighted by atomic mass is 16.1. The molecular formula is C18H18O. The van der Waals surface area contributed by atoms with Crippen LogP contribution >= 0.6 is 0 Å². The molecule has 1 aliphatic rings. The van der Waals surface area contributed by atoms with Crippen LogP contribution in [0.2, 0.25) is 0 Å². The summed E-state index contributed by atoms with van der Waals surface area (Å²) in [6.45, 7) is 2.05. The summed E-state index contributed by atoms with van der Waals surface area (Å²) >= 11 is 0. The van der Waals surface area contributed by atoms with Gasteiger partial charge in [-0.05, 0) is 54.5 Å². The van der Waals surface area contributed by atoms with Crippen LogP contribution in [-0.4, -0.2) is 5.78 Å². The Bertz CT molecular complexity index is 611. The summed E-state index contributed by atoms with van der Waals surface area (Å²) in [6, 6.07) is 14.3. The number of hydrogen-bond donors (Lipinski definition) is 0. The molecule has 0 saturated heterocycles. The Kier molecular flexibility index (Phi) is 3.20. The Labute approximate surface area is 114 Å². The van der Waals surface area contributed by atoms with Crippen LogP contribution in [0.3, 0.4) is 0 Å². The normalized spacial score (nSPS) is 13.3. The van der Waals surface area contributed by atoms with E-state index in [0.717, 1.165) is 23.1 Å². The van der Waals surface area contributed by atoms with Crippen molar-refractivity contribution >= 4 is 5.78 Å². The topological polar surface area (TPSA) is 17.1 Å². The van der Waals surface area contributed by atoms with Crippen molar-refractivity contribution in [3.63, 3.8) is 0 Å². The van der Waals surface area contributed by atoms with Crippen LogP contribution < -0.4 is 0 Å². The molecular weight excluding hydrogens is 232 g/mol. The molecule has 0 atom stereocenters. The van der Waals surface area contributed by atoms with Crippen molar-refractivity contribution in [2.24, 2.45) is 0 Å². The molecule has 0 aliphatic heterocycles. The molecule has 1 nitrogen and oxygen atoms in total. The van der Waals surface area contributed by atoms with E-state index < -0.39 is 0 Å². The van der Waals surface area contributed by atoms with Crippen LogP contribution in [0.1, 0.15) is 39.0 Å². The minimum absolute atomic E-state index is 0.235. The highest BCUT2D eigenvalue weighted by Crippen LogP contribution is 2.26. The molecule has 0 amide bonds. The maximum Gasteiger partial charge on any atom is 0.167 e. The zero-order valence-electron chi connectivity index (χ0n) is 11.3. The number of fused-ring (bicyclic) bond motifs is 1. The van der Waals surface area contributed by atoms with Crippen molar-refractivity contribution in [2.45, 2.75) is 32.6 Å². The third kappa shape index (κ3) is 2.46. The van der Waals surface area contributed by atoms with Crippen molar-refractivity contribution in [1.82, 2.24) is 0 Å². The van der Waals surface area contributed by atoms with Gasteiger partial charge >= 0.3 is 0 Å². The van der Waals surface area contributed by atoms with E-state index in [0.29, 0.717) is 6.42 Å². The van der Waals surface area contributed by atoms with Crippen LogP contribution in [0.15, 0.2) is 42.5 Å². The third-order valence-corrected chi connectivity index (χ3v) is 3.95. The summed E-state index contributed by atoms with van der Waals surface area (Å²) in [7, 11) is 0. The predicted octanol–water partition coefficient (Wildman–Crippen LogP) is 3.91. The maximum atomic E-state index is 12.4. The second-order valence-corrected chi connectivity index (χ2v) is 5.37. The molecule has 0 spiro atoms. The molecule has 1 aliphatic carbocycles. The predicted molar refractivity (Wildman–Crippen MR) is 77.7 cm³/mol. The van der Waals surface area contributed by atoms with Crippen LogP contribution in [0.25, 0.3) is 0 Å². The molecule has 0 N–H and O–H groups in total. The number of Topliss-reactive ketones (excluding diaryl/α,β-unsaturated/α-hetero) is 1. The van der Waals surface area contributed by atoms with Gasteiger partial charge in [-0.15, -0.1) is 0 Å². The first kappa shape index (κ1) is 12.2. The van der Waals surface area contributed by atoms with E-state index in [-0.39, 0.29) is 5.78 Å². The number of aryl methyl sites for hydroxylation is 3. The van der Waals surface area contributed by atoms with Gasteiger partial charge in [0.2, 0.25) is 0 Å². The Balaban J connectivity index is 1.88. The molecule has 0 radical (unpaired) electrons. The summed E-state index contributed by atoms with van der Waals surface area (Å²) in [5, 5.41) is 0. The molecule has 0 heterocycles. The van der Waals surface area contributed by atoms with Gasteiger partial charge < -0.3 is 0 Å². The smallest absolute Gasteiger partial charge is 0.167 e. The fourth-order valence-corrected chi connectivity index (χ4v) is 2.92. The molecule has 1 heteroatoms. The molecule has 0 fully saturated rings. The van der Waals surface area contributed by atoms with Gasteiger partial charge in [0.15, 0.2) is 5.78 Å². The Morgan fingerprint density at radius 3 is 2.47 bits per heavy atom. The summed E-state index contributed by atoms with van der Waals surface area (Å²) in [4.78, 5) is 12.4. The number of ketones is 1. The first-order valence-electron chi connectivity index (χ1n) is 6.93. The number of carbonyl (C=O) groups excluding carboxylic acids is 1. The minimum Gasteiger partial charge on any atom is -0.294 e. The highest BCUT2D eigenvalue weighted by molar-refractivity contribution is 5.99.